The summed E-state index contributed by atoms with van der Waals surface area (Å²) in [7, 11) is -0.611. The second-order valence-electron chi connectivity index (χ2n) is 4.11. The van der Waals surface area contributed by atoms with Gasteiger partial charge < -0.3 is 0 Å². The van der Waals surface area contributed by atoms with Gasteiger partial charge in [-0.2, -0.15) is 0 Å². The molecule has 0 bridgehead atoms. The van der Waals surface area contributed by atoms with Gasteiger partial charge in [-0.25, -0.2) is 17.7 Å². The van der Waals surface area contributed by atoms with E-state index in [9.17, 15) is 13.2 Å². The van der Waals surface area contributed by atoms with Gasteiger partial charge in [0.15, 0.2) is 5.13 Å². The van der Waals surface area contributed by atoms with E-state index >= 15 is 0 Å². The van der Waals surface area contributed by atoms with Crippen LogP contribution in [0, 0.1) is 6.92 Å². The second-order valence-corrected chi connectivity index (χ2v) is 8.38. The molecular weight excluding hydrogens is 318 g/mol. The molecule has 0 saturated carbocycles. The number of thiophene rings is 1. The molecule has 6 nitrogen and oxygen atoms in total. The number of carbonyl (C=O) groups excluding carboxylic acids is 1. The van der Waals surface area contributed by atoms with Crippen LogP contribution >= 0.6 is 22.7 Å². The first-order valence-corrected chi connectivity index (χ1v) is 8.70. The third kappa shape index (κ3) is 2.90. The van der Waals surface area contributed by atoms with Crippen molar-refractivity contribution < 1.29 is 13.2 Å². The van der Waals surface area contributed by atoms with Crippen molar-refractivity contribution in [3.8, 4) is 0 Å². The molecule has 2 aromatic heterocycles. The normalized spacial score (nSPS) is 11.8. The minimum Gasteiger partial charge on any atom is -0.297 e. The first-order valence-electron chi connectivity index (χ1n) is 5.56. The van der Waals surface area contributed by atoms with Gasteiger partial charge in [-0.3, -0.25) is 10.1 Å². The van der Waals surface area contributed by atoms with Gasteiger partial charge in [0.2, 0.25) is 10.0 Å². The van der Waals surface area contributed by atoms with Gasteiger partial charge in [-0.15, -0.1) is 22.7 Å². The average Bonchev–Trinajstić information content (AvgIpc) is 2.98. The van der Waals surface area contributed by atoms with E-state index in [1.807, 2.05) is 0 Å². The van der Waals surface area contributed by atoms with E-state index in [-0.39, 0.29) is 10.8 Å². The number of anilines is 1. The van der Waals surface area contributed by atoms with Crippen LogP contribution in [0.3, 0.4) is 0 Å². The zero-order valence-electron chi connectivity index (χ0n) is 11.1. The number of sulfonamides is 1. The summed E-state index contributed by atoms with van der Waals surface area (Å²) < 4.78 is 25.3. The number of rotatable bonds is 4. The Hall–Kier alpha value is -1.29. The lowest BCUT2D eigenvalue weighted by Gasteiger charge is -2.10. The van der Waals surface area contributed by atoms with Crippen molar-refractivity contribution in [3.63, 3.8) is 0 Å². The summed E-state index contributed by atoms with van der Waals surface area (Å²) in [4.78, 5) is 17.1. The summed E-state index contributed by atoms with van der Waals surface area (Å²) in [5.41, 5.74) is 0. The summed E-state index contributed by atoms with van der Waals surface area (Å²) in [6.07, 6.45) is 1.59. The largest absolute Gasteiger partial charge is 0.297 e. The smallest absolute Gasteiger partial charge is 0.267 e. The fourth-order valence-electron chi connectivity index (χ4n) is 1.47. The maximum atomic E-state index is 12.1. The number of hydrogen-bond donors (Lipinski definition) is 1. The van der Waals surface area contributed by atoms with Crippen molar-refractivity contribution in [1.82, 2.24) is 9.29 Å². The van der Waals surface area contributed by atoms with E-state index in [0.717, 1.165) is 15.6 Å². The van der Waals surface area contributed by atoms with Crippen molar-refractivity contribution in [3.05, 3.63) is 27.4 Å². The predicted molar refractivity (Wildman–Crippen MR) is 80.0 cm³/mol. The number of thiazole rings is 1. The number of aromatic nitrogens is 1. The zero-order valence-corrected chi connectivity index (χ0v) is 13.5. The van der Waals surface area contributed by atoms with Gasteiger partial charge in [0, 0.05) is 30.5 Å². The third-order valence-electron chi connectivity index (χ3n) is 2.51. The minimum absolute atomic E-state index is 0.164. The lowest BCUT2D eigenvalue weighted by Crippen LogP contribution is -2.22. The van der Waals surface area contributed by atoms with Crippen LogP contribution in [0.4, 0.5) is 5.13 Å². The predicted octanol–water partition coefficient (Wildman–Crippen LogP) is 2.02. The monoisotopic (exact) mass is 331 g/mol. The van der Waals surface area contributed by atoms with E-state index in [4.69, 9.17) is 0 Å². The molecule has 2 aromatic rings. The molecule has 1 N–H and O–H groups in total. The summed E-state index contributed by atoms with van der Waals surface area (Å²) in [5.74, 6) is -0.353. The molecule has 0 aliphatic rings. The Labute approximate surface area is 125 Å². The molecule has 2 rings (SSSR count). The summed E-state index contributed by atoms with van der Waals surface area (Å²) in [6, 6.07) is 1.40. The number of hydrogen-bond acceptors (Lipinski definition) is 6. The molecule has 2 heterocycles. The van der Waals surface area contributed by atoms with E-state index in [1.165, 1.54) is 31.5 Å². The average molecular weight is 331 g/mol. The molecule has 0 aliphatic carbocycles. The standard InChI is InChI=1S/C11H13N3O3S3/c1-7-9(20(16,17)14(2)3)6-8(19-7)10(15)13-11-12-4-5-18-11/h4-6H,1-3H3,(H,12,13,15). The quantitative estimate of drug-likeness (QED) is 0.929. The molecular formula is C11H13N3O3S3. The molecule has 0 fully saturated rings. The molecule has 0 aromatic carbocycles. The molecule has 0 atom stereocenters. The van der Waals surface area contributed by atoms with Gasteiger partial charge in [0.25, 0.3) is 5.91 Å². The van der Waals surface area contributed by atoms with E-state index < -0.39 is 10.0 Å². The summed E-state index contributed by atoms with van der Waals surface area (Å²) in [5, 5.41) is 4.86. The Kier molecular flexibility index (Phi) is 4.23. The highest BCUT2D eigenvalue weighted by Crippen LogP contribution is 2.28. The highest BCUT2D eigenvalue weighted by molar-refractivity contribution is 7.89. The van der Waals surface area contributed by atoms with Crippen molar-refractivity contribution in [2.75, 3.05) is 19.4 Å². The van der Waals surface area contributed by atoms with Gasteiger partial charge in [-0.05, 0) is 13.0 Å². The lowest BCUT2D eigenvalue weighted by molar-refractivity contribution is 0.103. The maximum absolute atomic E-state index is 12.1. The van der Waals surface area contributed by atoms with Gasteiger partial charge in [0.1, 0.15) is 0 Å². The molecule has 0 radical (unpaired) electrons. The first kappa shape index (κ1) is 15.1. The Bertz CT molecular complexity index is 717. The number of nitrogens with one attached hydrogen (secondary N) is 1. The number of nitrogens with zero attached hydrogens (tertiary/aromatic N) is 2. The zero-order chi connectivity index (χ0) is 14.9. The lowest BCUT2D eigenvalue weighted by atomic mass is 10.4. The number of carbonyl (C=O) groups is 1. The highest BCUT2D eigenvalue weighted by atomic mass is 32.2. The Morgan fingerprint density at radius 2 is 2.10 bits per heavy atom. The molecule has 9 heteroatoms. The second kappa shape index (κ2) is 5.60. The maximum Gasteiger partial charge on any atom is 0.267 e. The summed E-state index contributed by atoms with van der Waals surface area (Å²) >= 11 is 2.45. The van der Waals surface area contributed by atoms with Crippen molar-refractivity contribution in [1.29, 1.82) is 0 Å². The van der Waals surface area contributed by atoms with Gasteiger partial charge in [0.05, 0.1) is 9.77 Å². The first-order chi connectivity index (χ1) is 9.32. The molecule has 0 spiro atoms. The molecule has 108 valence electrons. The van der Waals surface area contributed by atoms with Crippen LogP contribution in [0.5, 0.6) is 0 Å². The Morgan fingerprint density at radius 3 is 2.65 bits per heavy atom. The Balaban J connectivity index is 2.30. The molecule has 0 aliphatic heterocycles. The van der Waals surface area contributed by atoms with E-state index in [1.54, 1.807) is 18.5 Å². The van der Waals surface area contributed by atoms with Gasteiger partial charge >= 0.3 is 0 Å². The summed E-state index contributed by atoms with van der Waals surface area (Å²) in [6.45, 7) is 1.68. The molecule has 0 saturated heterocycles. The van der Waals surface area contributed by atoms with Crippen LogP contribution in [0.15, 0.2) is 22.5 Å². The number of aryl methyl sites for hydroxylation is 1. The minimum atomic E-state index is -3.53. The third-order valence-corrected chi connectivity index (χ3v) is 6.32. The number of amides is 1. The van der Waals surface area contributed by atoms with Crippen LogP contribution in [-0.4, -0.2) is 37.7 Å². The topological polar surface area (TPSA) is 79.4 Å². The van der Waals surface area contributed by atoms with Crippen molar-refractivity contribution in [2.24, 2.45) is 0 Å². The molecule has 20 heavy (non-hydrogen) atoms. The van der Waals surface area contributed by atoms with E-state index in [2.05, 4.69) is 10.3 Å². The van der Waals surface area contributed by atoms with Crippen LogP contribution in [-0.2, 0) is 10.0 Å². The van der Waals surface area contributed by atoms with Crippen LogP contribution in [0.25, 0.3) is 0 Å². The SMILES string of the molecule is Cc1sc(C(=O)Nc2nccs2)cc1S(=O)(=O)N(C)C. The molecule has 0 unspecified atom stereocenters. The highest BCUT2D eigenvalue weighted by Gasteiger charge is 2.24. The van der Waals surface area contributed by atoms with Crippen molar-refractivity contribution in [2.45, 2.75) is 11.8 Å². The van der Waals surface area contributed by atoms with Crippen LogP contribution in [0.1, 0.15) is 14.5 Å². The molecule has 1 amide bonds. The van der Waals surface area contributed by atoms with E-state index in [0.29, 0.717) is 14.9 Å². The Morgan fingerprint density at radius 1 is 1.40 bits per heavy atom. The fourth-order valence-corrected chi connectivity index (χ4v) is 4.35. The fraction of sp³-hybridized carbons (Fsp3) is 0.273. The van der Waals surface area contributed by atoms with Gasteiger partial charge in [-0.1, -0.05) is 0 Å². The van der Waals surface area contributed by atoms with Crippen LogP contribution in [0.2, 0.25) is 0 Å². The van der Waals surface area contributed by atoms with Crippen LogP contribution < -0.4 is 5.32 Å². The van der Waals surface area contributed by atoms with Crippen molar-refractivity contribution >= 4 is 43.7 Å².